The summed E-state index contributed by atoms with van der Waals surface area (Å²) < 4.78 is 38.1. The van der Waals surface area contributed by atoms with Crippen molar-refractivity contribution in [3.63, 3.8) is 0 Å². The first-order valence-corrected chi connectivity index (χ1v) is 8.91. The molecule has 1 fully saturated rings. The second-order valence-corrected chi connectivity index (χ2v) is 6.96. The molecule has 0 radical (unpaired) electrons. The van der Waals surface area contributed by atoms with Gasteiger partial charge in [0.2, 0.25) is 5.91 Å². The number of thiazole rings is 1. The predicted octanol–water partition coefficient (Wildman–Crippen LogP) is 3.94. The number of rotatable bonds is 5. The average molecular weight is 369 g/mol. The van der Waals surface area contributed by atoms with Crippen LogP contribution in [0.1, 0.15) is 29.1 Å². The van der Waals surface area contributed by atoms with Gasteiger partial charge in [0.25, 0.3) is 0 Å². The van der Waals surface area contributed by atoms with E-state index in [1.807, 2.05) is 5.38 Å². The van der Waals surface area contributed by atoms with Gasteiger partial charge in [-0.05, 0) is 44.1 Å². The van der Waals surface area contributed by atoms with Crippen LogP contribution in [0.15, 0.2) is 29.6 Å². The van der Waals surface area contributed by atoms with E-state index in [9.17, 15) is 18.0 Å². The van der Waals surface area contributed by atoms with E-state index in [-0.39, 0.29) is 18.0 Å². The molecule has 1 aliphatic rings. The number of anilines is 1. The van der Waals surface area contributed by atoms with Crippen LogP contribution in [0.3, 0.4) is 0 Å². The molecule has 0 bridgehead atoms. The number of carbonyl (C=O) groups is 1. The molecule has 0 saturated carbocycles. The first kappa shape index (κ1) is 17.9. The molecule has 2 aromatic rings. The molecule has 8 heteroatoms. The molecule has 4 nitrogen and oxygen atoms in total. The Labute approximate surface area is 147 Å². The van der Waals surface area contributed by atoms with Crippen LogP contribution in [0.5, 0.6) is 0 Å². The molecule has 0 aliphatic carbocycles. The summed E-state index contributed by atoms with van der Waals surface area (Å²) in [6, 6.07) is 4.61. The molecular weight excluding hydrogens is 351 g/mol. The van der Waals surface area contributed by atoms with Crippen molar-refractivity contribution in [2.24, 2.45) is 0 Å². The van der Waals surface area contributed by atoms with Gasteiger partial charge >= 0.3 is 6.18 Å². The number of halogens is 3. The number of hydrogen-bond acceptors (Lipinski definition) is 4. The van der Waals surface area contributed by atoms with E-state index in [1.165, 1.54) is 36.3 Å². The number of nitrogens with one attached hydrogen (secondary N) is 1. The third kappa shape index (κ3) is 5.02. The standard InChI is InChI=1S/C17H18F3N3OS/c18-17(19,20)12-4-3-5-13(8-12)21-15(24)9-14-11-25-16(22-14)10-23-6-1-2-7-23/h3-5,8,11H,1-2,6-7,9-10H2,(H,21,24). The Balaban J connectivity index is 1.56. The summed E-state index contributed by atoms with van der Waals surface area (Å²) in [5, 5.41) is 5.29. The number of aromatic nitrogens is 1. The van der Waals surface area contributed by atoms with Crippen LogP contribution in [0.4, 0.5) is 18.9 Å². The first-order valence-electron chi connectivity index (χ1n) is 8.03. The Bertz CT molecular complexity index is 739. The van der Waals surface area contributed by atoms with Gasteiger partial charge in [0.1, 0.15) is 5.01 Å². The van der Waals surface area contributed by atoms with E-state index < -0.39 is 11.7 Å². The fourth-order valence-electron chi connectivity index (χ4n) is 2.78. The van der Waals surface area contributed by atoms with Gasteiger partial charge in [-0.1, -0.05) is 6.07 Å². The van der Waals surface area contributed by atoms with Gasteiger partial charge in [-0.2, -0.15) is 13.2 Å². The van der Waals surface area contributed by atoms with Gasteiger partial charge in [-0.15, -0.1) is 11.3 Å². The molecule has 0 atom stereocenters. The molecule has 1 N–H and O–H groups in total. The third-order valence-electron chi connectivity index (χ3n) is 3.97. The number of nitrogens with zero attached hydrogens (tertiary/aromatic N) is 2. The molecule has 1 saturated heterocycles. The van der Waals surface area contributed by atoms with Crippen molar-refractivity contribution in [2.75, 3.05) is 18.4 Å². The fraction of sp³-hybridized carbons (Fsp3) is 0.412. The Hall–Kier alpha value is -1.93. The zero-order chi connectivity index (χ0) is 17.9. The van der Waals surface area contributed by atoms with E-state index in [2.05, 4.69) is 15.2 Å². The largest absolute Gasteiger partial charge is 0.416 e. The first-order chi connectivity index (χ1) is 11.9. The lowest BCUT2D eigenvalue weighted by molar-refractivity contribution is -0.137. The highest BCUT2D eigenvalue weighted by Gasteiger charge is 2.30. The van der Waals surface area contributed by atoms with Crippen molar-refractivity contribution in [3.8, 4) is 0 Å². The number of amides is 1. The van der Waals surface area contributed by atoms with E-state index in [0.29, 0.717) is 5.69 Å². The van der Waals surface area contributed by atoms with Gasteiger partial charge in [0, 0.05) is 11.1 Å². The minimum absolute atomic E-state index is 0.0484. The summed E-state index contributed by atoms with van der Waals surface area (Å²) in [4.78, 5) is 18.8. The highest BCUT2D eigenvalue weighted by Crippen LogP contribution is 2.30. The van der Waals surface area contributed by atoms with Crippen molar-refractivity contribution >= 4 is 22.9 Å². The molecule has 0 spiro atoms. The summed E-state index contributed by atoms with van der Waals surface area (Å²) in [7, 11) is 0. The Morgan fingerprint density at radius 2 is 2.04 bits per heavy atom. The van der Waals surface area contributed by atoms with E-state index >= 15 is 0 Å². The van der Waals surface area contributed by atoms with Crippen LogP contribution in [-0.2, 0) is 23.9 Å². The predicted molar refractivity (Wildman–Crippen MR) is 90.4 cm³/mol. The molecule has 134 valence electrons. The lowest BCUT2D eigenvalue weighted by Crippen LogP contribution is -2.18. The zero-order valence-electron chi connectivity index (χ0n) is 13.5. The molecule has 3 rings (SSSR count). The van der Waals surface area contributed by atoms with Crippen molar-refractivity contribution < 1.29 is 18.0 Å². The Kier molecular flexibility index (Phi) is 5.39. The van der Waals surface area contributed by atoms with Crippen LogP contribution in [-0.4, -0.2) is 28.9 Å². The van der Waals surface area contributed by atoms with Crippen LogP contribution >= 0.6 is 11.3 Å². The van der Waals surface area contributed by atoms with Gasteiger partial charge in [0.05, 0.1) is 24.2 Å². The number of carbonyl (C=O) groups excluding carboxylic acids is 1. The average Bonchev–Trinajstić information content (AvgIpc) is 3.19. The van der Waals surface area contributed by atoms with Gasteiger partial charge in [-0.25, -0.2) is 4.98 Å². The zero-order valence-corrected chi connectivity index (χ0v) is 14.3. The number of likely N-dealkylation sites (tertiary alicyclic amines) is 1. The fourth-order valence-corrected chi connectivity index (χ4v) is 3.61. The van der Waals surface area contributed by atoms with Crippen LogP contribution in [0, 0.1) is 0 Å². The highest BCUT2D eigenvalue weighted by atomic mass is 32.1. The van der Waals surface area contributed by atoms with Gasteiger partial charge in [-0.3, -0.25) is 9.69 Å². The number of alkyl halides is 3. The smallest absolute Gasteiger partial charge is 0.326 e. The molecule has 25 heavy (non-hydrogen) atoms. The lowest BCUT2D eigenvalue weighted by Gasteiger charge is -2.11. The summed E-state index contributed by atoms with van der Waals surface area (Å²) >= 11 is 1.51. The second-order valence-electron chi connectivity index (χ2n) is 6.02. The van der Waals surface area contributed by atoms with Gasteiger partial charge in [0.15, 0.2) is 0 Å². The van der Waals surface area contributed by atoms with E-state index in [4.69, 9.17) is 0 Å². The molecule has 1 amide bonds. The maximum absolute atomic E-state index is 12.7. The van der Waals surface area contributed by atoms with Crippen molar-refractivity contribution in [1.29, 1.82) is 0 Å². The Morgan fingerprint density at radius 3 is 2.76 bits per heavy atom. The molecular formula is C17H18F3N3OS. The normalized spacial score (nSPS) is 15.5. The molecule has 1 aromatic heterocycles. The molecule has 1 aromatic carbocycles. The summed E-state index contributed by atoms with van der Waals surface area (Å²) in [5.74, 6) is -0.377. The summed E-state index contributed by atoms with van der Waals surface area (Å²) in [5.41, 5.74) is -0.0112. The minimum Gasteiger partial charge on any atom is -0.326 e. The van der Waals surface area contributed by atoms with E-state index in [1.54, 1.807) is 0 Å². The lowest BCUT2D eigenvalue weighted by atomic mass is 10.2. The quantitative estimate of drug-likeness (QED) is 0.868. The van der Waals surface area contributed by atoms with Crippen LogP contribution < -0.4 is 5.32 Å². The maximum atomic E-state index is 12.7. The summed E-state index contributed by atoms with van der Waals surface area (Å²) in [6.07, 6.45) is -1.97. The number of benzene rings is 1. The van der Waals surface area contributed by atoms with Crippen molar-refractivity contribution in [2.45, 2.75) is 32.0 Å². The topological polar surface area (TPSA) is 45.2 Å². The van der Waals surface area contributed by atoms with E-state index in [0.717, 1.165) is 36.8 Å². The monoisotopic (exact) mass is 369 g/mol. The van der Waals surface area contributed by atoms with Crippen LogP contribution in [0.25, 0.3) is 0 Å². The number of hydrogen-bond donors (Lipinski definition) is 1. The van der Waals surface area contributed by atoms with Crippen LogP contribution in [0.2, 0.25) is 0 Å². The third-order valence-corrected chi connectivity index (χ3v) is 4.85. The van der Waals surface area contributed by atoms with Crippen molar-refractivity contribution in [3.05, 3.63) is 45.9 Å². The molecule has 2 heterocycles. The minimum atomic E-state index is -4.43. The van der Waals surface area contributed by atoms with Crippen molar-refractivity contribution in [1.82, 2.24) is 9.88 Å². The molecule has 1 aliphatic heterocycles. The summed E-state index contributed by atoms with van der Waals surface area (Å²) in [6.45, 7) is 2.94. The Morgan fingerprint density at radius 1 is 1.28 bits per heavy atom. The highest BCUT2D eigenvalue weighted by molar-refractivity contribution is 7.09. The van der Waals surface area contributed by atoms with Gasteiger partial charge < -0.3 is 5.32 Å². The molecule has 0 unspecified atom stereocenters. The maximum Gasteiger partial charge on any atom is 0.416 e. The SMILES string of the molecule is O=C(Cc1csc(CN2CCCC2)n1)Nc1cccc(C(F)(F)F)c1. The second kappa shape index (κ2) is 7.53.